The number of alkyl carbamates (subject to hydrolysis) is 1. The molecule has 0 radical (unpaired) electrons. The van der Waals surface area contributed by atoms with Gasteiger partial charge in [0.25, 0.3) is 5.08 Å². The number of hydrogen-bond donors (Lipinski definition) is 8. The first-order valence-electron chi connectivity index (χ1n) is 12.9. The molecule has 0 bridgehead atoms. The van der Waals surface area contributed by atoms with Crippen molar-refractivity contribution in [3.05, 3.63) is 0 Å². The molecule has 0 aliphatic rings. The van der Waals surface area contributed by atoms with Crippen LogP contribution in [0.5, 0.6) is 0 Å². The van der Waals surface area contributed by atoms with Gasteiger partial charge in [-0.15, -0.1) is 23.2 Å². The van der Waals surface area contributed by atoms with Crippen molar-refractivity contribution in [1.29, 1.82) is 0 Å². The number of carbonyl (C=O) groups excluding carboxylic acids is 3. The molecule has 0 saturated heterocycles. The molecule has 8 N–H and O–H groups in total. The summed E-state index contributed by atoms with van der Waals surface area (Å²) in [6.45, 7) is 8.01. The molecule has 0 rings (SSSR count). The van der Waals surface area contributed by atoms with Gasteiger partial charge in [0.05, 0.1) is 0 Å². The molecule has 19 heteroatoms. The van der Waals surface area contributed by atoms with Gasteiger partial charge in [0, 0.05) is 37.8 Å². The normalized spacial score (nSPS) is 14.3. The fraction of sp³-hybridized carbons (Fsp3) is 0.864. The van der Waals surface area contributed by atoms with E-state index in [1.807, 2.05) is 0 Å². The van der Waals surface area contributed by atoms with Crippen molar-refractivity contribution in [3.8, 4) is 0 Å². The Morgan fingerprint density at radius 3 is 1.88 bits per heavy atom. The molecule has 0 saturated carbocycles. The smallest absolute Gasteiger partial charge is 0.408 e. The zero-order valence-corrected chi connectivity index (χ0v) is 27.0. The molecule has 0 aliphatic heterocycles. The third kappa shape index (κ3) is 15.3. The monoisotopic (exact) mass is 672 g/mol. The van der Waals surface area contributed by atoms with Crippen molar-refractivity contribution in [3.63, 3.8) is 0 Å². The SMILES string of the molecule is C[C@H](NC(=O)[C@H](CCCCN(CCCl)CCCl)NC(=O)OC(C)(C)C)C(=O)NCCCC(O)(P(=O)(O)O)P(=O)(O)O. The molecule has 0 heterocycles. The number of aliphatic hydroxyl groups is 1. The van der Waals surface area contributed by atoms with Gasteiger partial charge in [-0.25, -0.2) is 4.79 Å². The Hall–Kier alpha value is -0.990. The molecule has 0 aromatic rings. The van der Waals surface area contributed by atoms with Gasteiger partial charge < -0.3 is 50.3 Å². The second-order valence-electron chi connectivity index (χ2n) is 10.4. The topological polar surface area (TPSA) is 235 Å². The predicted molar refractivity (Wildman–Crippen MR) is 154 cm³/mol. The van der Waals surface area contributed by atoms with Crippen LogP contribution in [-0.2, 0) is 23.5 Å². The molecule has 242 valence electrons. The third-order valence-electron chi connectivity index (χ3n) is 5.70. The van der Waals surface area contributed by atoms with Gasteiger partial charge in [0.15, 0.2) is 0 Å². The summed E-state index contributed by atoms with van der Waals surface area (Å²) in [4.78, 5) is 76.5. The van der Waals surface area contributed by atoms with Gasteiger partial charge in [-0.1, -0.05) is 0 Å². The van der Waals surface area contributed by atoms with Crippen molar-refractivity contribution < 1.29 is 52.9 Å². The third-order valence-corrected chi connectivity index (χ3v) is 9.91. The lowest BCUT2D eigenvalue weighted by atomic mass is 10.1. The van der Waals surface area contributed by atoms with E-state index in [0.29, 0.717) is 44.2 Å². The first-order valence-corrected chi connectivity index (χ1v) is 17.2. The number of nitrogens with one attached hydrogen (secondary N) is 3. The first kappa shape index (κ1) is 40.0. The van der Waals surface area contributed by atoms with Crippen LogP contribution in [0.25, 0.3) is 0 Å². The van der Waals surface area contributed by atoms with E-state index in [-0.39, 0.29) is 13.0 Å². The fourth-order valence-corrected chi connectivity index (χ4v) is 6.24. The highest BCUT2D eigenvalue weighted by Gasteiger charge is 2.58. The van der Waals surface area contributed by atoms with E-state index in [2.05, 4.69) is 20.9 Å². The Morgan fingerprint density at radius 2 is 1.41 bits per heavy atom. The lowest BCUT2D eigenvalue weighted by Crippen LogP contribution is -2.53. The molecule has 0 aliphatic carbocycles. The van der Waals surface area contributed by atoms with Crippen molar-refractivity contribution in [1.82, 2.24) is 20.9 Å². The predicted octanol–water partition coefficient (Wildman–Crippen LogP) is 1.23. The van der Waals surface area contributed by atoms with E-state index < -0.39 is 68.7 Å². The molecule has 41 heavy (non-hydrogen) atoms. The highest BCUT2D eigenvalue weighted by Crippen LogP contribution is 2.69. The van der Waals surface area contributed by atoms with Crippen LogP contribution in [0.1, 0.15) is 59.8 Å². The first-order chi connectivity index (χ1) is 18.7. The van der Waals surface area contributed by atoms with Gasteiger partial charge in [0.2, 0.25) is 11.8 Å². The molecule has 0 fully saturated rings. The van der Waals surface area contributed by atoms with Gasteiger partial charge in [-0.3, -0.25) is 18.7 Å². The van der Waals surface area contributed by atoms with Crippen LogP contribution in [0.15, 0.2) is 0 Å². The Balaban J connectivity index is 5.13. The van der Waals surface area contributed by atoms with Crippen LogP contribution in [0.2, 0.25) is 0 Å². The molecule has 2 atom stereocenters. The number of hydrogen-bond acceptors (Lipinski definition) is 8. The molecule has 0 unspecified atom stereocenters. The van der Waals surface area contributed by atoms with Gasteiger partial charge >= 0.3 is 21.3 Å². The molecule has 3 amide bonds. The maximum absolute atomic E-state index is 13.0. The number of carbonyl (C=O) groups is 3. The maximum Gasteiger partial charge on any atom is 0.408 e. The minimum Gasteiger partial charge on any atom is -0.444 e. The van der Waals surface area contributed by atoms with Crippen LogP contribution in [0, 0.1) is 0 Å². The average Bonchev–Trinajstić information content (AvgIpc) is 2.80. The molecular formula is C22H44Cl2N4O11P2. The summed E-state index contributed by atoms with van der Waals surface area (Å²) in [6.07, 6.45) is -0.762. The molecule has 0 aromatic heterocycles. The summed E-state index contributed by atoms with van der Waals surface area (Å²) in [5.41, 5.74) is -0.812. The largest absolute Gasteiger partial charge is 0.444 e. The Labute approximate surface area is 250 Å². The summed E-state index contributed by atoms with van der Waals surface area (Å²) < 4.78 is 28.1. The zero-order chi connectivity index (χ0) is 32.1. The lowest BCUT2D eigenvalue weighted by molar-refractivity contribution is -0.129. The van der Waals surface area contributed by atoms with E-state index in [4.69, 9.17) is 27.9 Å². The number of rotatable bonds is 19. The van der Waals surface area contributed by atoms with Gasteiger partial charge in [-0.2, -0.15) is 0 Å². The van der Waals surface area contributed by atoms with E-state index >= 15 is 0 Å². The van der Waals surface area contributed by atoms with Crippen LogP contribution in [0.3, 0.4) is 0 Å². The number of amides is 3. The van der Waals surface area contributed by atoms with E-state index in [9.17, 15) is 48.2 Å². The number of ether oxygens (including phenoxy) is 1. The van der Waals surface area contributed by atoms with Crippen LogP contribution in [-0.4, -0.2) is 108 Å². The summed E-state index contributed by atoms with van der Waals surface area (Å²) in [6, 6.07) is -2.15. The minimum absolute atomic E-state index is 0.234. The Kier molecular flexibility index (Phi) is 17.5. The number of halogens is 2. The number of unbranched alkanes of at least 4 members (excludes halogenated alkanes) is 1. The molecule has 0 aromatic carbocycles. The zero-order valence-electron chi connectivity index (χ0n) is 23.7. The molecule has 0 spiro atoms. The Bertz CT molecular complexity index is 915. The number of nitrogens with zero attached hydrogens (tertiary/aromatic N) is 1. The van der Waals surface area contributed by atoms with Crippen molar-refractivity contribution in [2.75, 3.05) is 37.9 Å². The fourth-order valence-electron chi connectivity index (χ4n) is 3.51. The Morgan fingerprint density at radius 1 is 0.878 bits per heavy atom. The average molecular weight is 673 g/mol. The highest BCUT2D eigenvalue weighted by molar-refractivity contribution is 7.72. The summed E-state index contributed by atoms with van der Waals surface area (Å²) in [5, 5.41) is 13.7. The van der Waals surface area contributed by atoms with Crippen molar-refractivity contribution in [2.45, 2.75) is 82.6 Å². The summed E-state index contributed by atoms with van der Waals surface area (Å²) in [5.74, 6) is -0.496. The summed E-state index contributed by atoms with van der Waals surface area (Å²) >= 11 is 11.6. The van der Waals surface area contributed by atoms with Gasteiger partial charge in [0.1, 0.15) is 17.7 Å². The number of alkyl halides is 2. The van der Waals surface area contributed by atoms with Crippen LogP contribution in [0.4, 0.5) is 4.79 Å². The minimum atomic E-state index is -5.61. The molecule has 15 nitrogen and oxygen atoms in total. The maximum atomic E-state index is 13.0. The molecular weight excluding hydrogens is 629 g/mol. The van der Waals surface area contributed by atoms with Crippen LogP contribution >= 0.6 is 38.4 Å². The van der Waals surface area contributed by atoms with Crippen molar-refractivity contribution >= 4 is 56.3 Å². The van der Waals surface area contributed by atoms with E-state index in [1.54, 1.807) is 20.8 Å². The van der Waals surface area contributed by atoms with E-state index in [1.165, 1.54) is 6.92 Å². The standard InChI is InChI=1S/C22H44Cl2N4O11P2/c1-16(18(29)25-12-7-9-22(32,40(33,34)35)41(36,37)38)26-19(30)17(27-20(31)39-21(2,3)4)8-5-6-13-28(14-10-23)15-11-24/h16-17,32H,5-15H2,1-4H3,(H,25,29)(H,26,30)(H,27,31)(H2,33,34,35)(H2,36,37,38)/t16-,17-/m0/s1. The van der Waals surface area contributed by atoms with Crippen LogP contribution < -0.4 is 16.0 Å². The highest BCUT2D eigenvalue weighted by atomic mass is 35.5. The van der Waals surface area contributed by atoms with E-state index in [0.717, 1.165) is 0 Å². The second kappa shape index (κ2) is 18.0. The summed E-state index contributed by atoms with van der Waals surface area (Å²) in [7, 11) is -11.2. The quantitative estimate of drug-likeness (QED) is 0.0550. The lowest BCUT2D eigenvalue weighted by Gasteiger charge is -2.29. The van der Waals surface area contributed by atoms with Gasteiger partial charge in [-0.05, 0) is 59.9 Å². The van der Waals surface area contributed by atoms with Crippen molar-refractivity contribution in [2.24, 2.45) is 0 Å². The second-order valence-corrected chi connectivity index (χ2v) is 15.2.